The Kier molecular flexibility index (Phi) is 7.32. The van der Waals surface area contributed by atoms with Crippen molar-refractivity contribution in [1.82, 2.24) is 20.4 Å². The fourth-order valence-electron chi connectivity index (χ4n) is 4.43. The van der Waals surface area contributed by atoms with Crippen molar-refractivity contribution >= 4 is 17.8 Å². The van der Waals surface area contributed by atoms with Gasteiger partial charge in [0.1, 0.15) is 23.7 Å². The first-order valence-electron chi connectivity index (χ1n) is 11.4. The van der Waals surface area contributed by atoms with Gasteiger partial charge >= 0.3 is 6.03 Å². The van der Waals surface area contributed by atoms with E-state index < -0.39 is 29.9 Å². The molecule has 0 spiro atoms. The van der Waals surface area contributed by atoms with Gasteiger partial charge in [0.05, 0.1) is 26.4 Å². The summed E-state index contributed by atoms with van der Waals surface area (Å²) < 4.78 is 24.4. The molecule has 2 aromatic rings. The molecule has 2 heterocycles. The molecule has 10 heteroatoms. The molecular formula is C25H29FN4O5. The van der Waals surface area contributed by atoms with Gasteiger partial charge in [0.25, 0.3) is 5.91 Å². The maximum atomic E-state index is 13.9. The van der Waals surface area contributed by atoms with Gasteiger partial charge in [-0.05, 0) is 42.3 Å². The topological polar surface area (TPSA) is 100 Å². The highest BCUT2D eigenvalue weighted by molar-refractivity contribution is 6.09. The zero-order valence-corrected chi connectivity index (χ0v) is 19.8. The summed E-state index contributed by atoms with van der Waals surface area (Å²) >= 11 is 0. The number of halogens is 1. The van der Waals surface area contributed by atoms with Gasteiger partial charge in [-0.15, -0.1) is 0 Å². The first-order valence-corrected chi connectivity index (χ1v) is 11.4. The number of imide groups is 1. The van der Waals surface area contributed by atoms with Crippen LogP contribution in [0.1, 0.15) is 24.1 Å². The normalized spacial score (nSPS) is 21.5. The van der Waals surface area contributed by atoms with E-state index in [-0.39, 0.29) is 18.4 Å². The zero-order chi connectivity index (χ0) is 25.0. The Bertz CT molecular complexity index is 1090. The molecule has 2 aromatic carbocycles. The number of morpholine rings is 1. The van der Waals surface area contributed by atoms with Gasteiger partial charge in [0.2, 0.25) is 5.91 Å². The lowest BCUT2D eigenvalue weighted by molar-refractivity contribution is -0.134. The maximum absolute atomic E-state index is 13.9. The van der Waals surface area contributed by atoms with Crippen molar-refractivity contribution in [3.05, 3.63) is 65.5 Å². The summed E-state index contributed by atoms with van der Waals surface area (Å²) in [4.78, 5) is 41.6. The molecule has 2 unspecified atom stereocenters. The van der Waals surface area contributed by atoms with E-state index >= 15 is 0 Å². The minimum atomic E-state index is -1.29. The zero-order valence-electron chi connectivity index (χ0n) is 19.8. The molecule has 2 atom stereocenters. The molecule has 2 N–H and O–H groups in total. The molecule has 2 fully saturated rings. The quantitative estimate of drug-likeness (QED) is 0.555. The molecule has 35 heavy (non-hydrogen) atoms. The smallest absolute Gasteiger partial charge is 0.325 e. The lowest BCUT2D eigenvalue weighted by atomic mass is 9.92. The Morgan fingerprint density at radius 1 is 1.20 bits per heavy atom. The van der Waals surface area contributed by atoms with Crippen LogP contribution in [0.4, 0.5) is 9.18 Å². The third kappa shape index (κ3) is 5.28. The van der Waals surface area contributed by atoms with Crippen molar-refractivity contribution in [2.24, 2.45) is 0 Å². The molecule has 0 aromatic heterocycles. The monoisotopic (exact) mass is 484 g/mol. The van der Waals surface area contributed by atoms with Crippen LogP contribution in [0.2, 0.25) is 0 Å². The summed E-state index contributed by atoms with van der Waals surface area (Å²) in [5, 5.41) is 5.50. The van der Waals surface area contributed by atoms with Crippen LogP contribution in [0.5, 0.6) is 5.75 Å². The number of carbonyl (C=O) groups excluding carboxylic acids is 3. The molecule has 9 nitrogen and oxygen atoms in total. The first kappa shape index (κ1) is 24.6. The fourth-order valence-corrected chi connectivity index (χ4v) is 4.43. The minimum Gasteiger partial charge on any atom is -0.497 e. The Labute approximate surface area is 203 Å². The van der Waals surface area contributed by atoms with Gasteiger partial charge in [-0.2, -0.15) is 0 Å². The molecule has 0 saturated carbocycles. The van der Waals surface area contributed by atoms with E-state index in [1.807, 2.05) is 6.07 Å². The van der Waals surface area contributed by atoms with E-state index in [0.717, 1.165) is 10.5 Å². The Morgan fingerprint density at radius 2 is 1.91 bits per heavy atom. The second-order valence-corrected chi connectivity index (χ2v) is 8.70. The summed E-state index contributed by atoms with van der Waals surface area (Å²) in [6.07, 6.45) is 0. The SMILES string of the molecule is COc1ccc(C2(C)NC(=O)N(CC(=O)NCC(c3cccc(F)c3)N3CCOCC3)C2=O)cc1. The number of carbonyl (C=O) groups is 3. The summed E-state index contributed by atoms with van der Waals surface area (Å²) in [6.45, 7) is 3.76. The summed E-state index contributed by atoms with van der Waals surface area (Å²) in [6, 6.07) is 12.2. The number of nitrogens with one attached hydrogen (secondary N) is 2. The molecule has 0 aliphatic carbocycles. The number of hydrogen-bond acceptors (Lipinski definition) is 6. The van der Waals surface area contributed by atoms with Crippen LogP contribution >= 0.6 is 0 Å². The third-order valence-electron chi connectivity index (χ3n) is 6.46. The number of hydrogen-bond donors (Lipinski definition) is 2. The largest absolute Gasteiger partial charge is 0.497 e. The van der Waals surface area contributed by atoms with Gasteiger partial charge in [-0.1, -0.05) is 24.3 Å². The van der Waals surface area contributed by atoms with Gasteiger partial charge < -0.3 is 20.1 Å². The van der Waals surface area contributed by atoms with Crippen LogP contribution < -0.4 is 15.4 Å². The van der Waals surface area contributed by atoms with Crippen LogP contribution in [-0.4, -0.2) is 74.1 Å². The minimum absolute atomic E-state index is 0.196. The van der Waals surface area contributed by atoms with E-state index in [1.54, 1.807) is 37.3 Å². The van der Waals surface area contributed by atoms with Gasteiger partial charge in [0.15, 0.2) is 0 Å². The Morgan fingerprint density at radius 3 is 2.57 bits per heavy atom. The second-order valence-electron chi connectivity index (χ2n) is 8.70. The van der Waals surface area contributed by atoms with Crippen LogP contribution in [0.3, 0.4) is 0 Å². The Balaban J connectivity index is 1.42. The average molecular weight is 485 g/mol. The lowest BCUT2D eigenvalue weighted by Crippen LogP contribution is -2.47. The second kappa shape index (κ2) is 10.4. The van der Waals surface area contributed by atoms with Crippen molar-refractivity contribution in [3.63, 3.8) is 0 Å². The summed E-state index contributed by atoms with van der Waals surface area (Å²) in [5.74, 6) is -0.734. The highest BCUT2D eigenvalue weighted by atomic mass is 19.1. The number of ether oxygens (including phenoxy) is 2. The number of benzene rings is 2. The summed E-state index contributed by atoms with van der Waals surface area (Å²) in [5.41, 5.74) is 0.0222. The molecule has 2 aliphatic rings. The van der Waals surface area contributed by atoms with Gasteiger partial charge in [-0.3, -0.25) is 19.4 Å². The van der Waals surface area contributed by atoms with Crippen molar-refractivity contribution in [3.8, 4) is 5.75 Å². The van der Waals surface area contributed by atoms with Crippen LogP contribution in [0.25, 0.3) is 0 Å². The fraction of sp³-hybridized carbons (Fsp3) is 0.400. The molecule has 2 aliphatic heterocycles. The number of urea groups is 1. The summed E-state index contributed by atoms with van der Waals surface area (Å²) in [7, 11) is 1.54. The average Bonchev–Trinajstić information content (AvgIpc) is 3.08. The van der Waals surface area contributed by atoms with Gasteiger partial charge in [0, 0.05) is 19.6 Å². The third-order valence-corrected chi connectivity index (χ3v) is 6.46. The number of nitrogens with zero attached hydrogens (tertiary/aromatic N) is 2. The number of methoxy groups -OCH3 is 1. The molecule has 4 amide bonds. The number of rotatable bonds is 8. The molecule has 0 radical (unpaired) electrons. The van der Waals surface area contributed by atoms with E-state index in [0.29, 0.717) is 37.6 Å². The van der Waals surface area contributed by atoms with E-state index in [2.05, 4.69) is 15.5 Å². The molecule has 4 rings (SSSR count). The van der Waals surface area contributed by atoms with Crippen LogP contribution in [-0.2, 0) is 19.9 Å². The molecule has 186 valence electrons. The Hall–Kier alpha value is -3.50. The van der Waals surface area contributed by atoms with E-state index in [1.165, 1.54) is 19.2 Å². The van der Waals surface area contributed by atoms with Crippen molar-refractivity contribution < 1.29 is 28.2 Å². The first-order chi connectivity index (χ1) is 16.8. The van der Waals surface area contributed by atoms with E-state index in [9.17, 15) is 18.8 Å². The highest BCUT2D eigenvalue weighted by Gasteiger charge is 2.49. The molecule has 0 bridgehead atoms. The van der Waals surface area contributed by atoms with Crippen LogP contribution in [0.15, 0.2) is 48.5 Å². The molecule has 2 saturated heterocycles. The maximum Gasteiger partial charge on any atom is 0.325 e. The van der Waals surface area contributed by atoms with Crippen LogP contribution in [0, 0.1) is 5.82 Å². The van der Waals surface area contributed by atoms with Crippen molar-refractivity contribution in [2.45, 2.75) is 18.5 Å². The highest BCUT2D eigenvalue weighted by Crippen LogP contribution is 2.30. The van der Waals surface area contributed by atoms with Crippen molar-refractivity contribution in [1.29, 1.82) is 0 Å². The van der Waals surface area contributed by atoms with E-state index in [4.69, 9.17) is 9.47 Å². The standard InChI is InChI=1S/C25H29FN4O5/c1-25(18-6-8-20(34-2)9-7-18)23(32)30(24(33)28-25)16-22(31)27-15-21(29-10-12-35-13-11-29)17-4-3-5-19(26)14-17/h3-9,14,21H,10-13,15-16H2,1-2H3,(H,27,31)(H,28,33). The van der Waals surface area contributed by atoms with Gasteiger partial charge in [-0.25, -0.2) is 9.18 Å². The predicted molar refractivity (Wildman–Crippen MR) is 125 cm³/mol. The predicted octanol–water partition coefficient (Wildman–Crippen LogP) is 1.79. The lowest BCUT2D eigenvalue weighted by Gasteiger charge is -2.35. The van der Waals surface area contributed by atoms with Crippen molar-refractivity contribution in [2.75, 3.05) is 46.5 Å². The number of amides is 4. The molecular weight excluding hydrogens is 455 g/mol.